The third-order valence-corrected chi connectivity index (χ3v) is 10.6. The molecule has 3 aliphatic rings. The standard InChI is InChI=1S/C24H18Br2N4O8/c25-20-15-9-16(21(20)26)19-18(15)23(33)28(24(19)34)27(22(32)12-4-2-6-14(8-12)30(37)38)10-17(31)11-3-1-5-13(7-11)29(35)36/h1-8,15-16,18-21H,9-10H2/t15-,16-,18-,19+,20-,21+/m1/s1. The minimum absolute atomic E-state index is 0.0575. The molecule has 0 radical (unpaired) electrons. The number of alkyl halides is 2. The molecule has 3 fully saturated rings. The summed E-state index contributed by atoms with van der Waals surface area (Å²) in [7, 11) is 0. The molecule has 1 heterocycles. The third-order valence-electron chi connectivity index (χ3n) is 7.42. The van der Waals surface area contributed by atoms with Crippen LogP contribution < -0.4 is 0 Å². The van der Waals surface area contributed by atoms with Crippen LogP contribution in [0, 0.1) is 43.9 Å². The maximum Gasteiger partial charge on any atom is 0.273 e. The number of Topliss-reactive ketones (excluding diaryl/α,β-unsaturated/α-hetero) is 1. The molecule has 0 unspecified atom stereocenters. The molecule has 14 heteroatoms. The maximum atomic E-state index is 13.6. The van der Waals surface area contributed by atoms with E-state index in [1.54, 1.807) is 0 Å². The van der Waals surface area contributed by atoms with Crippen LogP contribution in [0.2, 0.25) is 0 Å². The molecule has 0 spiro atoms. The smallest absolute Gasteiger partial charge is 0.273 e. The van der Waals surface area contributed by atoms with Crippen molar-refractivity contribution in [3.8, 4) is 0 Å². The Hall–Kier alpha value is -3.52. The number of rotatable bonds is 7. The average Bonchev–Trinajstić information content (AvgIpc) is 3.51. The fraction of sp³-hybridized carbons (Fsp3) is 0.333. The van der Waals surface area contributed by atoms with Crippen LogP contribution in [0.15, 0.2) is 48.5 Å². The Morgan fingerprint density at radius 2 is 1.34 bits per heavy atom. The number of benzene rings is 2. The van der Waals surface area contributed by atoms with E-state index in [0.717, 1.165) is 12.1 Å². The van der Waals surface area contributed by atoms with E-state index in [9.17, 15) is 39.4 Å². The Bertz CT molecular complexity index is 1390. The van der Waals surface area contributed by atoms with Crippen molar-refractivity contribution in [2.24, 2.45) is 23.7 Å². The predicted octanol–water partition coefficient (Wildman–Crippen LogP) is 3.52. The number of nitrogens with zero attached hydrogens (tertiary/aromatic N) is 4. The molecule has 1 saturated heterocycles. The number of amides is 3. The van der Waals surface area contributed by atoms with Crippen molar-refractivity contribution in [1.82, 2.24) is 10.0 Å². The first-order valence-corrected chi connectivity index (χ1v) is 13.3. The number of carbonyl (C=O) groups is 4. The highest BCUT2D eigenvalue weighted by Gasteiger charge is 2.67. The van der Waals surface area contributed by atoms with E-state index < -0.39 is 51.7 Å². The zero-order valence-corrected chi connectivity index (χ0v) is 22.5. The Kier molecular flexibility index (Phi) is 6.63. The number of nitro groups is 2. The van der Waals surface area contributed by atoms with E-state index >= 15 is 0 Å². The van der Waals surface area contributed by atoms with E-state index in [1.165, 1.54) is 36.4 Å². The van der Waals surface area contributed by atoms with Gasteiger partial charge in [0.15, 0.2) is 5.78 Å². The molecule has 3 amide bonds. The minimum Gasteiger partial charge on any atom is -0.292 e. The van der Waals surface area contributed by atoms with Gasteiger partial charge in [0.2, 0.25) is 0 Å². The Morgan fingerprint density at radius 1 is 0.868 bits per heavy atom. The van der Waals surface area contributed by atoms with E-state index in [4.69, 9.17) is 0 Å². The molecular weight excluding hydrogens is 632 g/mol. The summed E-state index contributed by atoms with van der Waals surface area (Å²) in [6, 6.07) is 9.57. The van der Waals surface area contributed by atoms with Gasteiger partial charge in [-0.15, -0.1) is 0 Å². The van der Waals surface area contributed by atoms with Crippen molar-refractivity contribution in [1.29, 1.82) is 0 Å². The van der Waals surface area contributed by atoms with E-state index in [-0.39, 0.29) is 44.0 Å². The number of imide groups is 1. The summed E-state index contributed by atoms with van der Waals surface area (Å²) in [6.07, 6.45) is 0.651. The monoisotopic (exact) mass is 648 g/mol. The van der Waals surface area contributed by atoms with Crippen LogP contribution in [0.4, 0.5) is 11.4 Å². The third kappa shape index (κ3) is 4.11. The van der Waals surface area contributed by atoms with Gasteiger partial charge in [0.05, 0.1) is 21.7 Å². The maximum absolute atomic E-state index is 13.6. The van der Waals surface area contributed by atoms with E-state index in [0.29, 0.717) is 16.4 Å². The number of non-ortho nitro benzene ring substituents is 2. The van der Waals surface area contributed by atoms with Gasteiger partial charge < -0.3 is 0 Å². The molecule has 2 bridgehead atoms. The van der Waals surface area contributed by atoms with E-state index in [1.807, 2.05) is 0 Å². The van der Waals surface area contributed by atoms with Crippen molar-refractivity contribution < 1.29 is 29.0 Å². The Labute approximate surface area is 231 Å². The summed E-state index contributed by atoms with van der Waals surface area (Å²) < 4.78 is 0. The number of carbonyl (C=O) groups excluding carboxylic acids is 4. The second-order valence-electron chi connectivity index (χ2n) is 9.39. The molecule has 0 aromatic heterocycles. The lowest BCUT2D eigenvalue weighted by Gasteiger charge is -2.30. The molecule has 5 rings (SSSR count). The van der Waals surface area contributed by atoms with Crippen molar-refractivity contribution in [3.63, 3.8) is 0 Å². The van der Waals surface area contributed by atoms with Crippen molar-refractivity contribution in [3.05, 3.63) is 79.9 Å². The van der Waals surface area contributed by atoms with Crippen molar-refractivity contribution >= 4 is 66.7 Å². The van der Waals surface area contributed by atoms with Gasteiger partial charge in [-0.25, -0.2) is 5.01 Å². The van der Waals surface area contributed by atoms with Gasteiger partial charge in [0.1, 0.15) is 6.54 Å². The molecule has 38 heavy (non-hydrogen) atoms. The van der Waals surface area contributed by atoms with Gasteiger partial charge in [0.25, 0.3) is 29.1 Å². The molecular formula is C24H18Br2N4O8. The zero-order chi connectivity index (χ0) is 27.5. The lowest BCUT2D eigenvalue weighted by atomic mass is 9.81. The summed E-state index contributed by atoms with van der Waals surface area (Å²) in [4.78, 5) is 75.1. The normalized spacial score (nSPS) is 27.4. The fourth-order valence-electron chi connectivity index (χ4n) is 5.73. The molecule has 196 valence electrons. The molecule has 2 saturated carbocycles. The summed E-state index contributed by atoms with van der Waals surface area (Å²) in [6.45, 7) is -0.787. The average molecular weight is 650 g/mol. The number of hydrogen-bond donors (Lipinski definition) is 0. The van der Waals surface area contributed by atoms with Gasteiger partial charge in [-0.1, -0.05) is 50.1 Å². The zero-order valence-electron chi connectivity index (χ0n) is 19.3. The largest absolute Gasteiger partial charge is 0.292 e. The highest BCUT2D eigenvalue weighted by Crippen LogP contribution is 2.60. The van der Waals surface area contributed by atoms with Crippen LogP contribution in [0.25, 0.3) is 0 Å². The summed E-state index contributed by atoms with van der Waals surface area (Å²) in [5.74, 6) is -4.64. The Balaban J connectivity index is 1.53. The number of hydrogen-bond acceptors (Lipinski definition) is 8. The number of ketones is 1. The molecule has 2 aliphatic carbocycles. The van der Waals surface area contributed by atoms with Crippen LogP contribution in [-0.4, -0.2) is 59.6 Å². The van der Waals surface area contributed by atoms with Crippen molar-refractivity contribution in [2.75, 3.05) is 6.54 Å². The van der Waals surface area contributed by atoms with Crippen LogP contribution in [0.1, 0.15) is 27.1 Å². The SMILES string of the molecule is O=C(CN(C(=O)c1cccc([N+](=O)[O-])c1)N1C(=O)[C@@H]2[C@H]3C[C@@H]([C@H](Br)[C@@H]3Br)[C@@H]2C1=O)c1cccc([N+](=O)[O-])c1. The summed E-state index contributed by atoms with van der Waals surface area (Å²) >= 11 is 7.19. The first kappa shape index (κ1) is 26.1. The Morgan fingerprint density at radius 3 is 1.84 bits per heavy atom. The highest BCUT2D eigenvalue weighted by molar-refractivity contribution is 9.12. The number of hydrazine groups is 1. The van der Waals surface area contributed by atoms with Gasteiger partial charge in [-0.2, -0.15) is 5.01 Å². The lowest BCUT2D eigenvalue weighted by molar-refractivity contribution is -0.385. The van der Waals surface area contributed by atoms with Gasteiger partial charge in [0, 0.05) is 45.0 Å². The minimum atomic E-state index is -0.965. The first-order chi connectivity index (χ1) is 18.0. The summed E-state index contributed by atoms with van der Waals surface area (Å²) in [5, 5.41) is 23.8. The van der Waals surface area contributed by atoms with Crippen LogP contribution in [0.5, 0.6) is 0 Å². The number of halogens is 2. The summed E-state index contributed by atoms with van der Waals surface area (Å²) in [5.41, 5.74) is -1.04. The quantitative estimate of drug-likeness (QED) is 0.145. The fourth-order valence-corrected chi connectivity index (χ4v) is 7.60. The number of fused-ring (bicyclic) bond motifs is 5. The molecule has 6 atom stereocenters. The van der Waals surface area contributed by atoms with Crippen LogP contribution in [0.3, 0.4) is 0 Å². The molecule has 2 aromatic rings. The number of nitro benzene ring substituents is 2. The van der Waals surface area contributed by atoms with Gasteiger partial charge in [-0.05, 0) is 24.3 Å². The van der Waals surface area contributed by atoms with Crippen LogP contribution in [-0.2, 0) is 9.59 Å². The second-order valence-corrected chi connectivity index (χ2v) is 11.5. The molecule has 2 aromatic carbocycles. The molecule has 12 nitrogen and oxygen atoms in total. The van der Waals surface area contributed by atoms with Crippen LogP contribution >= 0.6 is 31.9 Å². The predicted molar refractivity (Wildman–Crippen MR) is 137 cm³/mol. The lowest BCUT2D eigenvalue weighted by Crippen LogP contribution is -2.52. The second kappa shape index (κ2) is 9.66. The van der Waals surface area contributed by atoms with Gasteiger partial charge in [-0.3, -0.25) is 39.4 Å². The van der Waals surface area contributed by atoms with Gasteiger partial charge >= 0.3 is 0 Å². The molecule has 1 aliphatic heterocycles. The first-order valence-electron chi connectivity index (χ1n) is 11.5. The highest BCUT2D eigenvalue weighted by atomic mass is 79.9. The van der Waals surface area contributed by atoms with Crippen molar-refractivity contribution in [2.45, 2.75) is 16.1 Å². The topological polar surface area (TPSA) is 161 Å². The van der Waals surface area contributed by atoms with E-state index in [2.05, 4.69) is 31.9 Å². The molecule has 0 N–H and O–H groups in total.